The van der Waals surface area contributed by atoms with Gasteiger partial charge in [0.05, 0.1) is 6.61 Å². The van der Waals surface area contributed by atoms with Gasteiger partial charge >= 0.3 is 0 Å². The summed E-state index contributed by atoms with van der Waals surface area (Å²) in [6, 6.07) is 15.8. The number of aliphatic hydroxyl groups excluding tert-OH is 6. The quantitative estimate of drug-likeness (QED) is 0.269. The molecule has 2 aromatic carbocycles. The van der Waals surface area contributed by atoms with Crippen LogP contribution in [0.25, 0.3) is 0 Å². The lowest BCUT2D eigenvalue weighted by atomic mass is 9.90. The predicted molar refractivity (Wildman–Crippen MR) is 128 cm³/mol. The first-order chi connectivity index (χ1) is 15.8. The third-order valence-corrected chi connectivity index (χ3v) is 5.95. The molecule has 2 rings (SSSR count). The van der Waals surface area contributed by atoms with Gasteiger partial charge in [-0.1, -0.05) is 62.4 Å². The molecule has 6 heteroatoms. The van der Waals surface area contributed by atoms with Crippen LogP contribution in [0.3, 0.4) is 0 Å². The van der Waals surface area contributed by atoms with Crippen LogP contribution in [-0.4, -0.2) is 67.8 Å². The highest BCUT2D eigenvalue weighted by atomic mass is 16.4. The van der Waals surface area contributed by atoms with E-state index in [2.05, 4.69) is 18.7 Å². The second kappa shape index (κ2) is 13.4. The highest BCUT2D eigenvalue weighted by Gasteiger charge is 2.35. The number of hydrogen-bond donors (Lipinski definition) is 6. The number of rotatable bonds is 12. The average molecular weight is 457 g/mol. The van der Waals surface area contributed by atoms with Gasteiger partial charge in [0.1, 0.15) is 30.5 Å². The molecule has 0 aromatic heterocycles. The van der Waals surface area contributed by atoms with E-state index in [1.165, 1.54) is 5.56 Å². The number of hydrogen-bond acceptors (Lipinski definition) is 6. The maximum atomic E-state index is 10.9. The lowest BCUT2D eigenvalue weighted by molar-refractivity contribution is -0.134. The zero-order chi connectivity index (χ0) is 24.4. The minimum absolute atomic E-state index is 0.291. The summed E-state index contributed by atoms with van der Waals surface area (Å²) < 4.78 is 0. The molecule has 0 spiro atoms. The summed E-state index contributed by atoms with van der Waals surface area (Å²) in [7, 11) is 0. The van der Waals surface area contributed by atoms with E-state index in [9.17, 15) is 25.5 Å². The smallest absolute Gasteiger partial charge is 0.113 e. The topological polar surface area (TPSA) is 121 Å². The van der Waals surface area contributed by atoms with Crippen LogP contribution in [0, 0.1) is 0 Å². The molecule has 2 aromatic rings. The van der Waals surface area contributed by atoms with Crippen LogP contribution in [-0.2, 0) is 25.7 Å². The fraction of sp³-hybridized carbons (Fsp3) is 0.444. The summed E-state index contributed by atoms with van der Waals surface area (Å²) in [5.41, 5.74) is 7.86. The molecule has 0 radical (unpaired) electrons. The highest BCUT2D eigenvalue weighted by Crippen LogP contribution is 2.21. The van der Waals surface area contributed by atoms with Gasteiger partial charge in [-0.05, 0) is 47.6 Å². The zero-order valence-corrected chi connectivity index (χ0v) is 19.3. The van der Waals surface area contributed by atoms with E-state index in [0.29, 0.717) is 18.4 Å². The molecule has 33 heavy (non-hydrogen) atoms. The van der Waals surface area contributed by atoms with Crippen LogP contribution in [0.15, 0.2) is 65.9 Å². The van der Waals surface area contributed by atoms with Crippen LogP contribution in [0.5, 0.6) is 0 Å². The summed E-state index contributed by atoms with van der Waals surface area (Å²) in [6.07, 6.45) is -4.29. The van der Waals surface area contributed by atoms with Crippen LogP contribution < -0.4 is 0 Å². The Morgan fingerprint density at radius 3 is 1.82 bits per heavy atom. The lowest BCUT2D eigenvalue weighted by Gasteiger charge is -2.29. The molecule has 0 bridgehead atoms. The minimum Gasteiger partial charge on any atom is -0.394 e. The van der Waals surface area contributed by atoms with E-state index in [1.54, 1.807) is 6.08 Å². The van der Waals surface area contributed by atoms with Gasteiger partial charge in [0.15, 0.2) is 0 Å². The van der Waals surface area contributed by atoms with Crippen LogP contribution in [0.2, 0.25) is 0 Å². The Balaban J connectivity index is 2.37. The van der Waals surface area contributed by atoms with Crippen molar-refractivity contribution in [2.24, 2.45) is 0 Å². The minimum atomic E-state index is -1.86. The summed E-state index contributed by atoms with van der Waals surface area (Å²) in [5.74, 6) is 0. The van der Waals surface area contributed by atoms with E-state index in [0.717, 1.165) is 29.5 Å². The number of aryl methyl sites for hydroxylation is 2. The molecule has 6 nitrogen and oxygen atoms in total. The second-order valence-corrected chi connectivity index (χ2v) is 8.17. The van der Waals surface area contributed by atoms with Crippen LogP contribution >= 0.6 is 0 Å². The van der Waals surface area contributed by atoms with Crippen LogP contribution in [0.1, 0.15) is 36.1 Å². The van der Waals surface area contributed by atoms with E-state index >= 15 is 0 Å². The van der Waals surface area contributed by atoms with Crippen molar-refractivity contribution in [2.75, 3.05) is 6.61 Å². The van der Waals surface area contributed by atoms with Gasteiger partial charge in [-0.3, -0.25) is 0 Å². The van der Waals surface area contributed by atoms with Gasteiger partial charge in [-0.2, -0.15) is 0 Å². The molecule has 0 saturated carbocycles. The lowest BCUT2D eigenvalue weighted by Crippen LogP contribution is -2.50. The van der Waals surface area contributed by atoms with Crippen molar-refractivity contribution >= 4 is 0 Å². The normalized spacial score (nSPS) is 15.8. The van der Waals surface area contributed by atoms with Crippen LogP contribution in [0.4, 0.5) is 0 Å². The van der Waals surface area contributed by atoms with Gasteiger partial charge in [-0.25, -0.2) is 0 Å². The maximum absolute atomic E-state index is 10.9. The predicted octanol–water partition coefficient (Wildman–Crippen LogP) is 1.47. The Morgan fingerprint density at radius 1 is 0.758 bits per heavy atom. The summed E-state index contributed by atoms with van der Waals surface area (Å²) >= 11 is 0. The molecular formula is C27H36O6. The number of aliphatic hydroxyl groups is 6. The molecule has 0 aliphatic heterocycles. The van der Waals surface area contributed by atoms with Gasteiger partial charge < -0.3 is 30.6 Å². The van der Waals surface area contributed by atoms with Crippen molar-refractivity contribution in [2.45, 2.75) is 70.1 Å². The third kappa shape index (κ3) is 7.36. The SMILES string of the molecule is CCc1ccccc1CC=C=C(Cc1ccccc1CC)C(O)[C@@H](O)[C@@H](O)[C@H](O)[C@@H](O)CO. The molecule has 6 N–H and O–H groups in total. The van der Waals surface area contributed by atoms with E-state index < -0.39 is 37.1 Å². The molecule has 0 aliphatic rings. The monoisotopic (exact) mass is 456 g/mol. The molecule has 5 atom stereocenters. The largest absolute Gasteiger partial charge is 0.394 e. The van der Waals surface area contributed by atoms with E-state index in [-0.39, 0.29) is 0 Å². The Labute approximate surface area is 195 Å². The molecule has 0 aliphatic carbocycles. The third-order valence-electron chi connectivity index (χ3n) is 5.95. The summed E-state index contributed by atoms with van der Waals surface area (Å²) in [5, 5.41) is 60.3. The van der Waals surface area contributed by atoms with Gasteiger partial charge in [-0.15, -0.1) is 5.73 Å². The fourth-order valence-corrected chi connectivity index (χ4v) is 3.85. The molecule has 0 heterocycles. The summed E-state index contributed by atoms with van der Waals surface area (Å²) in [4.78, 5) is 0. The van der Waals surface area contributed by atoms with E-state index in [1.807, 2.05) is 49.4 Å². The maximum Gasteiger partial charge on any atom is 0.113 e. The molecule has 1 unspecified atom stereocenters. The Kier molecular flexibility index (Phi) is 11.0. The van der Waals surface area contributed by atoms with Crippen molar-refractivity contribution in [1.29, 1.82) is 0 Å². The van der Waals surface area contributed by atoms with Crippen molar-refractivity contribution in [3.05, 3.63) is 88.2 Å². The first-order valence-corrected chi connectivity index (χ1v) is 11.4. The van der Waals surface area contributed by atoms with Crippen molar-refractivity contribution in [3.8, 4) is 0 Å². The van der Waals surface area contributed by atoms with Crippen molar-refractivity contribution in [1.82, 2.24) is 0 Å². The first kappa shape index (κ1) is 27.0. The molecular weight excluding hydrogens is 420 g/mol. The van der Waals surface area contributed by atoms with Gasteiger partial charge in [0, 0.05) is 12.0 Å². The standard InChI is InChI=1S/C27H36O6/c1-3-18-10-5-7-12-20(18)14-9-15-22(16-21-13-8-6-11-19(21)4-2)24(30)26(32)27(33)25(31)23(29)17-28/h5-13,23-33H,3-4,14,16-17H2,1-2H3/t15?,23-,24?,25+,26+,27-/m0/s1. The molecule has 0 amide bonds. The second-order valence-electron chi connectivity index (χ2n) is 8.17. The highest BCUT2D eigenvalue weighted by molar-refractivity contribution is 5.33. The fourth-order valence-electron chi connectivity index (χ4n) is 3.85. The van der Waals surface area contributed by atoms with Crippen molar-refractivity contribution in [3.63, 3.8) is 0 Å². The average Bonchev–Trinajstić information content (AvgIpc) is 2.86. The molecule has 0 fully saturated rings. The first-order valence-electron chi connectivity index (χ1n) is 11.4. The van der Waals surface area contributed by atoms with E-state index in [4.69, 9.17) is 5.11 Å². The van der Waals surface area contributed by atoms with Gasteiger partial charge in [0.25, 0.3) is 0 Å². The van der Waals surface area contributed by atoms with Gasteiger partial charge in [0.2, 0.25) is 0 Å². The number of benzene rings is 2. The molecule has 180 valence electrons. The Hall–Kier alpha value is -2.28. The molecule has 0 saturated heterocycles. The Morgan fingerprint density at radius 2 is 1.27 bits per heavy atom. The zero-order valence-electron chi connectivity index (χ0n) is 19.3. The Bertz CT molecular complexity index is 934. The summed E-state index contributed by atoms with van der Waals surface area (Å²) in [6.45, 7) is 3.32. The van der Waals surface area contributed by atoms with Crippen molar-refractivity contribution < 1.29 is 30.6 Å².